The quantitative estimate of drug-likeness (QED) is 0.381. The van der Waals surface area contributed by atoms with Crippen molar-refractivity contribution in [3.63, 3.8) is 0 Å². The summed E-state index contributed by atoms with van der Waals surface area (Å²) in [6.07, 6.45) is 0.529. The number of halogens is 1. The third kappa shape index (κ3) is 5.86. The second kappa shape index (κ2) is 10.8. The van der Waals surface area contributed by atoms with Crippen LogP contribution in [-0.4, -0.2) is 41.9 Å². The van der Waals surface area contributed by atoms with Gasteiger partial charge >= 0.3 is 5.97 Å². The molecule has 0 bridgehead atoms. The number of rotatable bonds is 8. The molecule has 1 amide bonds. The fourth-order valence-electron chi connectivity index (χ4n) is 3.84. The van der Waals surface area contributed by atoms with Crippen molar-refractivity contribution in [2.75, 3.05) is 13.7 Å². The van der Waals surface area contributed by atoms with Gasteiger partial charge in [0, 0.05) is 11.4 Å². The molecule has 1 heterocycles. The van der Waals surface area contributed by atoms with Gasteiger partial charge in [0.15, 0.2) is 12.2 Å². The number of ether oxygens (including phenoxy) is 3. The smallest absolute Gasteiger partial charge is 0.350 e. The molecule has 0 radical (unpaired) electrons. The van der Waals surface area contributed by atoms with Crippen molar-refractivity contribution in [3.05, 3.63) is 95.0 Å². The van der Waals surface area contributed by atoms with Crippen LogP contribution in [0.5, 0.6) is 11.5 Å². The second-order valence-corrected chi connectivity index (χ2v) is 9.22. The Balaban J connectivity index is 1.48. The van der Waals surface area contributed by atoms with E-state index >= 15 is 0 Å². The maximum Gasteiger partial charge on any atom is 0.350 e. The summed E-state index contributed by atoms with van der Waals surface area (Å²) in [5, 5.41) is 6.56. The Morgan fingerprint density at radius 2 is 1.61 bits per heavy atom. The summed E-state index contributed by atoms with van der Waals surface area (Å²) in [4.78, 5) is 26.0. The second-order valence-electron chi connectivity index (χ2n) is 8.79. The van der Waals surface area contributed by atoms with Crippen molar-refractivity contribution in [1.29, 1.82) is 0 Å². The van der Waals surface area contributed by atoms with E-state index in [1.807, 2.05) is 54.6 Å². The number of hydrogen-bond acceptors (Lipinski definition) is 6. The summed E-state index contributed by atoms with van der Waals surface area (Å²) in [5.41, 5.74) is 1.30. The zero-order valence-corrected chi connectivity index (χ0v) is 21.1. The van der Waals surface area contributed by atoms with Gasteiger partial charge in [-0.1, -0.05) is 54.1 Å². The SMILES string of the molecule is COc1ccc(C2CC(c3ccccc3)=NN2C(=O)COC(=O)C(C)(C)Oc2ccc(Cl)cc2)cc1. The summed E-state index contributed by atoms with van der Waals surface area (Å²) in [7, 11) is 1.60. The third-order valence-corrected chi connectivity index (χ3v) is 6.03. The molecule has 8 heteroatoms. The summed E-state index contributed by atoms with van der Waals surface area (Å²) in [5.74, 6) is 0.0789. The predicted octanol–water partition coefficient (Wildman–Crippen LogP) is 5.43. The lowest BCUT2D eigenvalue weighted by molar-refractivity contribution is -0.164. The van der Waals surface area contributed by atoms with Crippen LogP contribution in [0, 0.1) is 0 Å². The molecule has 0 aromatic heterocycles. The Morgan fingerprint density at radius 1 is 0.972 bits per heavy atom. The first-order valence-corrected chi connectivity index (χ1v) is 11.9. The van der Waals surface area contributed by atoms with Crippen molar-refractivity contribution in [3.8, 4) is 11.5 Å². The van der Waals surface area contributed by atoms with Crippen molar-refractivity contribution >= 4 is 29.2 Å². The number of methoxy groups -OCH3 is 1. The van der Waals surface area contributed by atoms with Crippen LogP contribution in [0.4, 0.5) is 0 Å². The van der Waals surface area contributed by atoms with Crippen molar-refractivity contribution < 1.29 is 23.8 Å². The van der Waals surface area contributed by atoms with Gasteiger partial charge < -0.3 is 14.2 Å². The average Bonchev–Trinajstić information content (AvgIpc) is 3.34. The van der Waals surface area contributed by atoms with E-state index in [0.717, 1.165) is 22.6 Å². The highest BCUT2D eigenvalue weighted by atomic mass is 35.5. The number of amides is 1. The molecule has 1 atom stereocenters. The van der Waals surface area contributed by atoms with Crippen LogP contribution < -0.4 is 9.47 Å². The van der Waals surface area contributed by atoms with Gasteiger partial charge in [-0.15, -0.1) is 0 Å². The van der Waals surface area contributed by atoms with Gasteiger partial charge in [-0.05, 0) is 61.4 Å². The maximum absolute atomic E-state index is 13.2. The molecule has 0 fully saturated rings. The molecule has 7 nitrogen and oxygen atoms in total. The minimum absolute atomic E-state index is 0.337. The molecule has 0 saturated carbocycles. The zero-order valence-electron chi connectivity index (χ0n) is 20.3. The van der Waals surface area contributed by atoms with Gasteiger partial charge in [0.05, 0.1) is 18.9 Å². The Hall–Kier alpha value is -3.84. The molecule has 3 aromatic carbocycles. The van der Waals surface area contributed by atoms with E-state index in [9.17, 15) is 9.59 Å². The Morgan fingerprint density at radius 3 is 2.25 bits per heavy atom. The molecule has 3 aromatic rings. The lowest BCUT2D eigenvalue weighted by Gasteiger charge is -2.25. The summed E-state index contributed by atoms with van der Waals surface area (Å²) in [6.45, 7) is 2.69. The summed E-state index contributed by atoms with van der Waals surface area (Å²) >= 11 is 5.91. The largest absolute Gasteiger partial charge is 0.497 e. The highest BCUT2D eigenvalue weighted by Crippen LogP contribution is 2.33. The topological polar surface area (TPSA) is 77.4 Å². The van der Waals surface area contributed by atoms with Gasteiger partial charge in [0.2, 0.25) is 0 Å². The zero-order chi connectivity index (χ0) is 25.7. The summed E-state index contributed by atoms with van der Waals surface area (Å²) < 4.78 is 16.4. The highest BCUT2D eigenvalue weighted by molar-refractivity contribution is 6.30. The van der Waals surface area contributed by atoms with Gasteiger partial charge in [-0.2, -0.15) is 5.10 Å². The minimum Gasteiger partial charge on any atom is -0.497 e. The fraction of sp³-hybridized carbons (Fsp3) is 0.250. The van der Waals surface area contributed by atoms with E-state index in [1.54, 1.807) is 45.2 Å². The molecular formula is C28H27ClN2O5. The van der Waals surface area contributed by atoms with Crippen LogP contribution in [-0.2, 0) is 14.3 Å². The lowest BCUT2D eigenvalue weighted by atomic mass is 9.98. The van der Waals surface area contributed by atoms with Crippen LogP contribution in [0.1, 0.15) is 37.4 Å². The third-order valence-electron chi connectivity index (χ3n) is 5.78. The molecule has 1 unspecified atom stereocenters. The molecule has 1 aliphatic heterocycles. The fourth-order valence-corrected chi connectivity index (χ4v) is 3.96. The van der Waals surface area contributed by atoms with E-state index in [1.165, 1.54) is 5.01 Å². The van der Waals surface area contributed by atoms with Gasteiger partial charge in [-0.25, -0.2) is 9.80 Å². The molecule has 36 heavy (non-hydrogen) atoms. The van der Waals surface area contributed by atoms with Crippen LogP contribution in [0.3, 0.4) is 0 Å². The number of carbonyl (C=O) groups excluding carboxylic acids is 2. The number of nitrogens with zero attached hydrogens (tertiary/aromatic N) is 2. The molecular weight excluding hydrogens is 480 g/mol. The number of esters is 1. The van der Waals surface area contributed by atoms with Crippen LogP contribution >= 0.6 is 11.6 Å². The van der Waals surface area contributed by atoms with Crippen LogP contribution in [0.25, 0.3) is 0 Å². The van der Waals surface area contributed by atoms with Crippen LogP contribution in [0.2, 0.25) is 5.02 Å². The highest BCUT2D eigenvalue weighted by Gasteiger charge is 2.36. The van der Waals surface area contributed by atoms with E-state index in [-0.39, 0.29) is 6.04 Å². The lowest BCUT2D eigenvalue weighted by Crippen LogP contribution is -2.41. The van der Waals surface area contributed by atoms with E-state index in [2.05, 4.69) is 5.10 Å². The number of benzene rings is 3. The van der Waals surface area contributed by atoms with Crippen molar-refractivity contribution in [2.45, 2.75) is 31.9 Å². The Bertz CT molecular complexity index is 1240. The van der Waals surface area contributed by atoms with E-state index in [4.69, 9.17) is 25.8 Å². The molecule has 0 spiro atoms. The molecule has 0 aliphatic carbocycles. The monoisotopic (exact) mass is 506 g/mol. The van der Waals surface area contributed by atoms with E-state index < -0.39 is 24.1 Å². The average molecular weight is 507 g/mol. The van der Waals surface area contributed by atoms with Crippen molar-refractivity contribution in [2.24, 2.45) is 5.10 Å². The maximum atomic E-state index is 13.2. The number of carbonyl (C=O) groups is 2. The standard InChI is InChI=1S/C28H27ClN2O5/c1-28(2,36-23-15-11-21(29)12-16-23)27(33)35-18-26(32)31-25(20-9-13-22(34-3)14-10-20)17-24(30-31)19-7-5-4-6-8-19/h4-16,25H,17-18H2,1-3H3. The number of hydrogen-bond donors (Lipinski definition) is 0. The molecule has 1 aliphatic rings. The van der Waals surface area contributed by atoms with Crippen molar-refractivity contribution in [1.82, 2.24) is 5.01 Å². The molecule has 0 N–H and O–H groups in total. The normalized spacial score (nSPS) is 15.3. The first-order chi connectivity index (χ1) is 17.3. The van der Waals surface area contributed by atoms with E-state index in [0.29, 0.717) is 17.2 Å². The first kappa shape index (κ1) is 25.3. The Kier molecular flexibility index (Phi) is 7.60. The van der Waals surface area contributed by atoms with Gasteiger partial charge in [0.25, 0.3) is 5.91 Å². The predicted molar refractivity (Wildman–Crippen MR) is 137 cm³/mol. The molecule has 0 saturated heterocycles. The Labute approximate surface area is 215 Å². The van der Waals surface area contributed by atoms with Gasteiger partial charge in [0.1, 0.15) is 11.5 Å². The molecule has 4 rings (SSSR count). The van der Waals surface area contributed by atoms with Crippen LogP contribution in [0.15, 0.2) is 84.0 Å². The minimum atomic E-state index is -1.31. The van der Waals surface area contributed by atoms with Gasteiger partial charge in [-0.3, -0.25) is 4.79 Å². The first-order valence-electron chi connectivity index (χ1n) is 11.5. The summed E-state index contributed by atoms with van der Waals surface area (Å²) in [6, 6.07) is 23.5. The number of hydrazone groups is 1. The molecule has 186 valence electrons.